The van der Waals surface area contributed by atoms with Gasteiger partial charge in [0.25, 0.3) is 0 Å². The molecule has 2 N–H and O–H groups in total. The van der Waals surface area contributed by atoms with E-state index in [4.69, 9.17) is 16.3 Å². The van der Waals surface area contributed by atoms with Gasteiger partial charge in [-0.25, -0.2) is 0 Å². The van der Waals surface area contributed by atoms with Gasteiger partial charge in [-0.05, 0) is 19.2 Å². The molecular weight excluding hydrogens is 202 g/mol. The van der Waals surface area contributed by atoms with Gasteiger partial charge in [-0.1, -0.05) is 17.7 Å². The van der Waals surface area contributed by atoms with E-state index in [1.807, 2.05) is 0 Å². The number of benzene rings is 1. The van der Waals surface area contributed by atoms with Gasteiger partial charge in [-0.2, -0.15) is 0 Å². The lowest BCUT2D eigenvalue weighted by Gasteiger charge is -2.12. The molecule has 4 heteroatoms. The Morgan fingerprint density at radius 2 is 2.29 bits per heavy atom. The number of rotatable bonds is 4. The minimum Gasteiger partial charge on any atom is -0.497 e. The highest BCUT2D eigenvalue weighted by Gasteiger charge is 2.10. The second-order valence-corrected chi connectivity index (χ2v) is 3.37. The van der Waals surface area contributed by atoms with E-state index in [1.54, 1.807) is 32.4 Å². The summed E-state index contributed by atoms with van der Waals surface area (Å²) in [4.78, 5) is 0. The molecule has 14 heavy (non-hydrogen) atoms. The summed E-state index contributed by atoms with van der Waals surface area (Å²) >= 11 is 5.97. The van der Waals surface area contributed by atoms with E-state index in [0.717, 1.165) is 0 Å². The van der Waals surface area contributed by atoms with Gasteiger partial charge in [0.1, 0.15) is 5.75 Å². The van der Waals surface area contributed by atoms with Gasteiger partial charge in [0, 0.05) is 12.1 Å². The summed E-state index contributed by atoms with van der Waals surface area (Å²) < 4.78 is 5.01. The van der Waals surface area contributed by atoms with E-state index in [-0.39, 0.29) is 0 Å². The summed E-state index contributed by atoms with van der Waals surface area (Å²) in [5, 5.41) is 13.1. The van der Waals surface area contributed by atoms with Crippen LogP contribution < -0.4 is 10.1 Å². The van der Waals surface area contributed by atoms with Gasteiger partial charge >= 0.3 is 0 Å². The van der Waals surface area contributed by atoms with Crippen LogP contribution in [0.5, 0.6) is 5.75 Å². The average molecular weight is 216 g/mol. The predicted octanol–water partition coefficient (Wildman–Crippen LogP) is 1.60. The van der Waals surface area contributed by atoms with Gasteiger partial charge in [-0.3, -0.25) is 0 Å². The van der Waals surface area contributed by atoms with Crippen LogP contribution in [0.1, 0.15) is 11.7 Å². The molecule has 0 aromatic heterocycles. The number of hydrogen-bond donors (Lipinski definition) is 2. The fourth-order valence-corrected chi connectivity index (χ4v) is 1.50. The molecule has 0 bridgehead atoms. The van der Waals surface area contributed by atoms with Crippen LogP contribution in [0.2, 0.25) is 5.02 Å². The Labute approximate surface area is 88.7 Å². The predicted molar refractivity (Wildman–Crippen MR) is 56.9 cm³/mol. The molecule has 0 fully saturated rings. The molecule has 0 amide bonds. The van der Waals surface area contributed by atoms with E-state index in [1.165, 1.54) is 0 Å². The molecular formula is C10H14ClNO2. The molecule has 0 saturated carbocycles. The van der Waals surface area contributed by atoms with Crippen molar-refractivity contribution in [3.63, 3.8) is 0 Å². The first-order valence-corrected chi connectivity index (χ1v) is 4.73. The molecule has 1 unspecified atom stereocenters. The van der Waals surface area contributed by atoms with Gasteiger partial charge in [0.2, 0.25) is 0 Å². The molecule has 0 heterocycles. The number of aliphatic hydroxyl groups excluding tert-OH is 1. The number of aliphatic hydroxyl groups is 1. The molecule has 0 aliphatic carbocycles. The third-order valence-electron chi connectivity index (χ3n) is 1.96. The molecule has 0 spiro atoms. The fourth-order valence-electron chi connectivity index (χ4n) is 1.21. The number of nitrogens with one attached hydrogen (secondary N) is 1. The highest BCUT2D eigenvalue weighted by atomic mass is 35.5. The van der Waals surface area contributed by atoms with Crippen molar-refractivity contribution in [2.75, 3.05) is 20.7 Å². The van der Waals surface area contributed by atoms with Crippen molar-refractivity contribution in [2.24, 2.45) is 0 Å². The van der Waals surface area contributed by atoms with Crippen LogP contribution in [0.25, 0.3) is 0 Å². The van der Waals surface area contributed by atoms with Crippen molar-refractivity contribution < 1.29 is 9.84 Å². The molecule has 0 saturated heterocycles. The van der Waals surface area contributed by atoms with Crippen LogP contribution in [0.3, 0.4) is 0 Å². The van der Waals surface area contributed by atoms with Gasteiger partial charge in [-0.15, -0.1) is 0 Å². The number of hydrogen-bond acceptors (Lipinski definition) is 3. The highest BCUT2D eigenvalue weighted by molar-refractivity contribution is 6.31. The lowest BCUT2D eigenvalue weighted by atomic mass is 10.1. The average Bonchev–Trinajstić information content (AvgIpc) is 2.17. The van der Waals surface area contributed by atoms with Gasteiger partial charge in [0.05, 0.1) is 18.2 Å². The molecule has 78 valence electrons. The Kier molecular flexibility index (Phi) is 4.20. The molecule has 0 radical (unpaired) electrons. The lowest BCUT2D eigenvalue weighted by molar-refractivity contribution is 0.178. The summed E-state index contributed by atoms with van der Waals surface area (Å²) in [7, 11) is 3.36. The number of methoxy groups -OCH3 is 1. The van der Waals surface area contributed by atoms with E-state index in [0.29, 0.717) is 22.9 Å². The summed E-state index contributed by atoms with van der Waals surface area (Å²) in [6.45, 7) is 0.478. The van der Waals surface area contributed by atoms with Crippen molar-refractivity contribution in [3.05, 3.63) is 28.8 Å². The van der Waals surface area contributed by atoms with Crippen LogP contribution in [0, 0.1) is 0 Å². The molecule has 1 rings (SSSR count). The van der Waals surface area contributed by atoms with Crippen molar-refractivity contribution >= 4 is 11.6 Å². The minimum absolute atomic E-state index is 0.478. The van der Waals surface area contributed by atoms with Crippen LogP contribution in [0.4, 0.5) is 0 Å². The van der Waals surface area contributed by atoms with Crippen LogP contribution in [-0.4, -0.2) is 25.8 Å². The zero-order valence-electron chi connectivity index (χ0n) is 8.25. The Hall–Kier alpha value is -0.770. The van der Waals surface area contributed by atoms with Crippen LogP contribution in [0.15, 0.2) is 18.2 Å². The van der Waals surface area contributed by atoms with Crippen molar-refractivity contribution in [2.45, 2.75) is 6.10 Å². The maximum atomic E-state index is 9.68. The standard InChI is InChI=1S/C10H14ClNO2/c1-12-6-10(13)8-4-3-7(14-2)5-9(8)11/h3-5,10,12-13H,6H2,1-2H3. The van der Waals surface area contributed by atoms with Crippen LogP contribution in [-0.2, 0) is 0 Å². The summed E-state index contributed by atoms with van der Waals surface area (Å²) in [6, 6.07) is 5.24. The summed E-state index contributed by atoms with van der Waals surface area (Å²) in [5.41, 5.74) is 0.710. The molecule has 3 nitrogen and oxygen atoms in total. The molecule has 1 aromatic rings. The fraction of sp³-hybridized carbons (Fsp3) is 0.400. The van der Waals surface area contributed by atoms with Crippen molar-refractivity contribution in [1.82, 2.24) is 5.32 Å². The first kappa shape index (κ1) is 11.3. The maximum absolute atomic E-state index is 9.68. The van der Waals surface area contributed by atoms with Gasteiger partial charge in [0.15, 0.2) is 0 Å². The topological polar surface area (TPSA) is 41.5 Å². The van der Waals surface area contributed by atoms with Gasteiger partial charge < -0.3 is 15.2 Å². The molecule has 0 aliphatic rings. The maximum Gasteiger partial charge on any atom is 0.120 e. The Balaban J connectivity index is 2.88. The number of likely N-dealkylation sites (N-methyl/N-ethyl adjacent to an activating group) is 1. The smallest absolute Gasteiger partial charge is 0.120 e. The first-order valence-electron chi connectivity index (χ1n) is 4.35. The van der Waals surface area contributed by atoms with E-state index < -0.39 is 6.10 Å². The largest absolute Gasteiger partial charge is 0.497 e. The third-order valence-corrected chi connectivity index (χ3v) is 2.29. The molecule has 0 aliphatic heterocycles. The normalized spacial score (nSPS) is 12.6. The highest BCUT2D eigenvalue weighted by Crippen LogP contribution is 2.26. The van der Waals surface area contributed by atoms with E-state index in [2.05, 4.69) is 5.32 Å². The first-order chi connectivity index (χ1) is 6.69. The molecule has 1 atom stereocenters. The Morgan fingerprint density at radius 3 is 2.79 bits per heavy atom. The van der Waals surface area contributed by atoms with E-state index in [9.17, 15) is 5.11 Å². The van der Waals surface area contributed by atoms with Crippen molar-refractivity contribution in [3.8, 4) is 5.75 Å². The molecule has 1 aromatic carbocycles. The number of ether oxygens (including phenoxy) is 1. The summed E-state index contributed by atoms with van der Waals surface area (Å²) in [6.07, 6.45) is -0.585. The van der Waals surface area contributed by atoms with E-state index >= 15 is 0 Å². The second kappa shape index (κ2) is 5.20. The quantitative estimate of drug-likeness (QED) is 0.802. The third kappa shape index (κ3) is 2.61. The lowest BCUT2D eigenvalue weighted by Crippen LogP contribution is -2.16. The summed E-state index contributed by atoms with van der Waals surface area (Å²) in [5.74, 6) is 0.690. The Bertz CT molecular complexity index is 304. The Morgan fingerprint density at radius 1 is 1.57 bits per heavy atom. The zero-order chi connectivity index (χ0) is 10.6. The van der Waals surface area contributed by atoms with Crippen LogP contribution >= 0.6 is 11.6 Å². The minimum atomic E-state index is -0.585. The zero-order valence-corrected chi connectivity index (χ0v) is 9.01. The monoisotopic (exact) mass is 215 g/mol. The SMILES string of the molecule is CNCC(O)c1ccc(OC)cc1Cl. The second-order valence-electron chi connectivity index (χ2n) is 2.96. The van der Waals surface area contributed by atoms with Crippen molar-refractivity contribution in [1.29, 1.82) is 0 Å². The number of halogens is 1.